The highest BCUT2D eigenvalue weighted by Gasteiger charge is 2.29. The van der Waals surface area contributed by atoms with E-state index in [0.29, 0.717) is 17.7 Å². The lowest BCUT2D eigenvalue weighted by atomic mass is 9.88. The van der Waals surface area contributed by atoms with Crippen LogP contribution in [0.3, 0.4) is 0 Å². The lowest BCUT2D eigenvalue weighted by Gasteiger charge is -2.32. The van der Waals surface area contributed by atoms with Gasteiger partial charge in [-0.3, -0.25) is 0 Å². The maximum atomic E-state index is 12.4. The van der Waals surface area contributed by atoms with Crippen molar-refractivity contribution in [3.05, 3.63) is 71.3 Å². The topological polar surface area (TPSA) is 62.1 Å². The van der Waals surface area contributed by atoms with Crippen molar-refractivity contribution in [3.63, 3.8) is 0 Å². The Labute approximate surface area is 135 Å². The highest BCUT2D eigenvalue weighted by Crippen LogP contribution is 2.28. The summed E-state index contributed by atoms with van der Waals surface area (Å²) in [6, 6.07) is 18.7. The molecule has 1 aliphatic heterocycles. The van der Waals surface area contributed by atoms with E-state index in [1.165, 1.54) is 5.56 Å². The Morgan fingerprint density at radius 1 is 1.13 bits per heavy atom. The number of hydrogen-bond acceptors (Lipinski definition) is 4. The fourth-order valence-corrected chi connectivity index (χ4v) is 2.92. The van der Waals surface area contributed by atoms with Crippen LogP contribution in [-0.2, 0) is 4.74 Å². The molecule has 0 bridgehead atoms. The SMILES string of the molecule is N#Cc1ccc(C(=O)O[C@H]2CNCC[C@@H]2c2ccccc2)cc1. The molecule has 0 aliphatic carbocycles. The molecule has 4 nitrogen and oxygen atoms in total. The highest BCUT2D eigenvalue weighted by molar-refractivity contribution is 5.89. The Morgan fingerprint density at radius 3 is 2.57 bits per heavy atom. The summed E-state index contributed by atoms with van der Waals surface area (Å²) in [5, 5.41) is 12.1. The second-order valence-electron chi connectivity index (χ2n) is 5.64. The van der Waals surface area contributed by atoms with Gasteiger partial charge in [0.2, 0.25) is 0 Å². The van der Waals surface area contributed by atoms with Crippen molar-refractivity contribution < 1.29 is 9.53 Å². The quantitative estimate of drug-likeness (QED) is 0.886. The molecule has 0 radical (unpaired) electrons. The van der Waals surface area contributed by atoms with E-state index >= 15 is 0 Å². The van der Waals surface area contributed by atoms with E-state index in [0.717, 1.165) is 13.0 Å². The van der Waals surface area contributed by atoms with Crippen LogP contribution in [0.1, 0.15) is 33.8 Å². The third-order valence-electron chi connectivity index (χ3n) is 4.16. The Bertz CT molecular complexity index is 704. The minimum absolute atomic E-state index is 0.186. The zero-order chi connectivity index (χ0) is 16.1. The van der Waals surface area contributed by atoms with Crippen LogP contribution in [0, 0.1) is 11.3 Å². The number of nitrogens with zero attached hydrogens (tertiary/aromatic N) is 1. The fraction of sp³-hybridized carbons (Fsp3) is 0.263. The molecule has 0 saturated carbocycles. The maximum absolute atomic E-state index is 12.4. The van der Waals surface area contributed by atoms with Gasteiger partial charge in [0.25, 0.3) is 0 Å². The van der Waals surface area contributed by atoms with Crippen molar-refractivity contribution in [2.75, 3.05) is 13.1 Å². The van der Waals surface area contributed by atoms with Gasteiger partial charge < -0.3 is 10.1 Å². The lowest BCUT2D eigenvalue weighted by molar-refractivity contribution is 0.0182. The summed E-state index contributed by atoms with van der Waals surface area (Å²) >= 11 is 0. The maximum Gasteiger partial charge on any atom is 0.338 e. The average molecular weight is 306 g/mol. The largest absolute Gasteiger partial charge is 0.457 e. The number of piperidine rings is 1. The summed E-state index contributed by atoms with van der Waals surface area (Å²) in [6.07, 6.45) is 0.754. The van der Waals surface area contributed by atoms with Crippen molar-refractivity contribution in [1.82, 2.24) is 5.32 Å². The van der Waals surface area contributed by atoms with E-state index in [4.69, 9.17) is 10.00 Å². The van der Waals surface area contributed by atoms with Crippen LogP contribution in [0.2, 0.25) is 0 Å². The molecule has 2 aromatic carbocycles. The van der Waals surface area contributed by atoms with Crippen LogP contribution in [0.4, 0.5) is 0 Å². The third-order valence-corrected chi connectivity index (χ3v) is 4.16. The molecule has 3 rings (SSSR count). The molecule has 116 valence electrons. The molecule has 1 heterocycles. The van der Waals surface area contributed by atoms with Crippen molar-refractivity contribution >= 4 is 5.97 Å². The molecule has 1 aliphatic rings. The summed E-state index contributed by atoms with van der Waals surface area (Å²) in [4.78, 5) is 12.4. The lowest BCUT2D eigenvalue weighted by Crippen LogP contribution is -2.42. The first-order valence-corrected chi connectivity index (χ1v) is 7.75. The van der Waals surface area contributed by atoms with E-state index < -0.39 is 0 Å². The van der Waals surface area contributed by atoms with Crippen molar-refractivity contribution in [2.45, 2.75) is 18.4 Å². The molecule has 23 heavy (non-hydrogen) atoms. The van der Waals surface area contributed by atoms with Gasteiger partial charge in [0.1, 0.15) is 6.10 Å². The van der Waals surface area contributed by atoms with Crippen LogP contribution in [0.15, 0.2) is 54.6 Å². The van der Waals surface area contributed by atoms with Crippen LogP contribution in [0.25, 0.3) is 0 Å². The number of ether oxygens (including phenoxy) is 1. The second-order valence-corrected chi connectivity index (χ2v) is 5.64. The number of esters is 1. The summed E-state index contributed by atoms with van der Waals surface area (Å²) in [7, 11) is 0. The summed E-state index contributed by atoms with van der Waals surface area (Å²) in [5.74, 6) is -0.135. The van der Waals surface area contributed by atoms with E-state index in [1.807, 2.05) is 24.3 Å². The number of carbonyl (C=O) groups excluding carboxylic acids is 1. The first-order chi connectivity index (χ1) is 11.3. The number of rotatable bonds is 3. The van der Waals surface area contributed by atoms with E-state index in [-0.39, 0.29) is 18.0 Å². The predicted octanol–water partition coefficient (Wildman–Crippen LogP) is 2.86. The average Bonchev–Trinajstić information content (AvgIpc) is 2.63. The summed E-state index contributed by atoms with van der Waals surface area (Å²) in [6.45, 7) is 1.58. The molecule has 0 aromatic heterocycles. The summed E-state index contributed by atoms with van der Waals surface area (Å²) in [5.41, 5.74) is 2.20. The smallest absolute Gasteiger partial charge is 0.338 e. The molecular formula is C19H18N2O2. The van der Waals surface area contributed by atoms with E-state index in [1.54, 1.807) is 24.3 Å². The molecule has 1 N–H and O–H groups in total. The molecule has 0 amide bonds. The Hall–Kier alpha value is -2.64. The monoisotopic (exact) mass is 306 g/mol. The van der Waals surface area contributed by atoms with E-state index in [9.17, 15) is 4.79 Å². The summed E-state index contributed by atoms with van der Waals surface area (Å²) < 4.78 is 5.73. The van der Waals surface area contributed by atoms with Gasteiger partial charge >= 0.3 is 5.97 Å². The first kappa shape index (κ1) is 15.3. The minimum atomic E-state index is -0.343. The number of nitriles is 1. The van der Waals surface area contributed by atoms with Gasteiger partial charge in [-0.15, -0.1) is 0 Å². The van der Waals surface area contributed by atoms with Crippen molar-refractivity contribution in [1.29, 1.82) is 5.26 Å². The Balaban J connectivity index is 1.74. The molecule has 2 aromatic rings. The molecule has 1 fully saturated rings. The van der Waals surface area contributed by atoms with Gasteiger partial charge in [0, 0.05) is 12.5 Å². The number of nitrogens with one attached hydrogen (secondary N) is 1. The van der Waals surface area contributed by atoms with Gasteiger partial charge in [-0.1, -0.05) is 30.3 Å². The molecule has 1 saturated heterocycles. The van der Waals surface area contributed by atoms with Crippen LogP contribution in [0.5, 0.6) is 0 Å². The fourth-order valence-electron chi connectivity index (χ4n) is 2.92. The Kier molecular flexibility index (Phi) is 4.70. The zero-order valence-electron chi connectivity index (χ0n) is 12.7. The van der Waals surface area contributed by atoms with Crippen LogP contribution >= 0.6 is 0 Å². The predicted molar refractivity (Wildman–Crippen MR) is 87.0 cm³/mol. The van der Waals surface area contributed by atoms with Gasteiger partial charge in [-0.05, 0) is 42.8 Å². The molecular weight excluding hydrogens is 288 g/mol. The van der Waals surface area contributed by atoms with Crippen molar-refractivity contribution in [3.8, 4) is 6.07 Å². The molecule has 0 unspecified atom stereocenters. The first-order valence-electron chi connectivity index (χ1n) is 7.75. The van der Waals surface area contributed by atoms with Gasteiger partial charge in [0.15, 0.2) is 0 Å². The van der Waals surface area contributed by atoms with E-state index in [2.05, 4.69) is 17.4 Å². The number of benzene rings is 2. The molecule has 0 spiro atoms. The van der Waals surface area contributed by atoms with Crippen LogP contribution in [-0.4, -0.2) is 25.2 Å². The normalized spacial score (nSPS) is 20.5. The van der Waals surface area contributed by atoms with Gasteiger partial charge in [-0.25, -0.2) is 4.79 Å². The third kappa shape index (κ3) is 3.58. The second kappa shape index (κ2) is 7.08. The number of hydrogen-bond donors (Lipinski definition) is 1. The van der Waals surface area contributed by atoms with Gasteiger partial charge in [0.05, 0.1) is 17.2 Å². The standard InChI is InChI=1S/C19H18N2O2/c20-12-14-6-8-16(9-7-14)19(22)23-18-13-21-11-10-17(18)15-4-2-1-3-5-15/h1-9,17-18,21H,10-11,13H2/t17-,18+/m1/s1. The Morgan fingerprint density at radius 2 is 1.87 bits per heavy atom. The zero-order valence-corrected chi connectivity index (χ0v) is 12.7. The van der Waals surface area contributed by atoms with Crippen molar-refractivity contribution in [2.24, 2.45) is 0 Å². The van der Waals surface area contributed by atoms with Crippen LogP contribution < -0.4 is 5.32 Å². The highest BCUT2D eigenvalue weighted by atomic mass is 16.5. The number of carbonyl (C=O) groups is 1. The minimum Gasteiger partial charge on any atom is -0.457 e. The molecule has 2 atom stereocenters. The van der Waals surface area contributed by atoms with Gasteiger partial charge in [-0.2, -0.15) is 5.26 Å². The molecule has 4 heteroatoms.